The molecule has 2 aromatic heterocycles. The van der Waals surface area contributed by atoms with Crippen LogP contribution in [-0.2, 0) is 12.6 Å². The SMILES string of the molecule is O=C(c1cccc(F)c1-c1ncco1)N1C2CCC1C(Cc1ncc(C(F)(F)F)cc1Cl)C2. The van der Waals surface area contributed by atoms with Gasteiger partial charge in [0, 0.05) is 18.3 Å². The van der Waals surface area contributed by atoms with Gasteiger partial charge in [-0.25, -0.2) is 9.37 Å². The van der Waals surface area contributed by atoms with Crippen molar-refractivity contribution in [2.24, 2.45) is 5.92 Å². The van der Waals surface area contributed by atoms with Crippen LogP contribution in [0, 0.1) is 11.7 Å². The maximum Gasteiger partial charge on any atom is 0.417 e. The number of aromatic nitrogens is 2. The number of benzene rings is 1. The number of fused-ring (bicyclic) bond motifs is 2. The Morgan fingerprint density at radius 1 is 1.24 bits per heavy atom. The van der Waals surface area contributed by atoms with Crippen molar-refractivity contribution < 1.29 is 26.8 Å². The van der Waals surface area contributed by atoms with Crippen molar-refractivity contribution in [3.63, 3.8) is 0 Å². The highest BCUT2D eigenvalue weighted by Crippen LogP contribution is 2.45. The molecule has 3 aromatic rings. The highest BCUT2D eigenvalue weighted by atomic mass is 35.5. The Labute approximate surface area is 191 Å². The van der Waals surface area contributed by atoms with E-state index in [0.717, 1.165) is 25.1 Å². The highest BCUT2D eigenvalue weighted by molar-refractivity contribution is 6.31. The average molecular weight is 480 g/mol. The lowest BCUT2D eigenvalue weighted by Gasteiger charge is -2.25. The summed E-state index contributed by atoms with van der Waals surface area (Å²) in [5.74, 6) is -0.898. The number of hydrogen-bond acceptors (Lipinski definition) is 4. The van der Waals surface area contributed by atoms with Crippen LogP contribution < -0.4 is 0 Å². The zero-order valence-corrected chi connectivity index (χ0v) is 17.9. The van der Waals surface area contributed by atoms with E-state index in [1.54, 1.807) is 11.0 Å². The molecule has 0 radical (unpaired) electrons. The number of amides is 1. The quantitative estimate of drug-likeness (QED) is 0.445. The van der Waals surface area contributed by atoms with Crippen molar-refractivity contribution in [1.29, 1.82) is 0 Å². The number of hydrogen-bond donors (Lipinski definition) is 0. The van der Waals surface area contributed by atoms with Crippen LogP contribution in [0.15, 0.2) is 47.3 Å². The highest BCUT2D eigenvalue weighted by Gasteiger charge is 2.49. The molecule has 3 atom stereocenters. The molecule has 3 unspecified atom stereocenters. The standard InChI is InChI=1S/C23H18ClF4N3O2/c24-16-10-13(23(26,27)28)11-30-18(16)9-12-8-14-4-5-19(12)31(14)22(32)15-2-1-3-17(25)20(15)21-29-6-7-33-21/h1-3,6-7,10-12,14,19H,4-5,8-9H2. The molecule has 2 bridgehead atoms. The third-order valence-electron chi connectivity index (χ3n) is 6.49. The summed E-state index contributed by atoms with van der Waals surface area (Å²) in [6, 6.07) is 4.97. The molecule has 2 aliphatic rings. The van der Waals surface area contributed by atoms with Gasteiger partial charge in [0.25, 0.3) is 5.91 Å². The molecule has 2 fully saturated rings. The summed E-state index contributed by atoms with van der Waals surface area (Å²) in [4.78, 5) is 23.2. The second kappa shape index (κ2) is 8.13. The van der Waals surface area contributed by atoms with Crippen LogP contribution >= 0.6 is 11.6 Å². The summed E-state index contributed by atoms with van der Waals surface area (Å²) in [7, 11) is 0. The Balaban J connectivity index is 1.40. The van der Waals surface area contributed by atoms with Gasteiger partial charge >= 0.3 is 6.18 Å². The van der Waals surface area contributed by atoms with Gasteiger partial charge in [-0.15, -0.1) is 0 Å². The maximum absolute atomic E-state index is 14.6. The van der Waals surface area contributed by atoms with Gasteiger partial charge in [0.05, 0.1) is 33.6 Å². The van der Waals surface area contributed by atoms with Crippen LogP contribution in [0.2, 0.25) is 5.02 Å². The minimum atomic E-state index is -4.52. The predicted octanol–water partition coefficient (Wildman–Crippen LogP) is 5.78. The number of halogens is 5. The molecule has 5 rings (SSSR count). The first-order chi connectivity index (χ1) is 15.7. The van der Waals surface area contributed by atoms with Crippen LogP contribution in [-0.4, -0.2) is 32.9 Å². The number of rotatable bonds is 4. The molecule has 2 saturated heterocycles. The molecule has 5 nitrogen and oxygen atoms in total. The van der Waals surface area contributed by atoms with Gasteiger partial charge in [0.1, 0.15) is 12.1 Å². The molecule has 0 saturated carbocycles. The van der Waals surface area contributed by atoms with E-state index in [0.29, 0.717) is 18.5 Å². The lowest BCUT2D eigenvalue weighted by Crippen LogP contribution is -2.37. The first-order valence-electron chi connectivity index (χ1n) is 10.5. The van der Waals surface area contributed by atoms with Gasteiger partial charge in [-0.3, -0.25) is 9.78 Å². The first-order valence-corrected chi connectivity index (χ1v) is 10.8. The minimum Gasteiger partial charge on any atom is -0.444 e. The molecule has 0 N–H and O–H groups in total. The Morgan fingerprint density at radius 3 is 2.76 bits per heavy atom. The van der Waals surface area contributed by atoms with Crippen LogP contribution in [0.25, 0.3) is 11.5 Å². The molecule has 10 heteroatoms. The van der Waals surface area contributed by atoms with E-state index in [1.807, 2.05) is 0 Å². The van der Waals surface area contributed by atoms with Crippen molar-refractivity contribution in [3.8, 4) is 11.5 Å². The normalized spacial score (nSPS) is 22.2. The van der Waals surface area contributed by atoms with Crippen molar-refractivity contribution in [3.05, 3.63) is 70.6 Å². The number of pyridine rings is 1. The zero-order chi connectivity index (χ0) is 23.3. The van der Waals surface area contributed by atoms with E-state index in [4.69, 9.17) is 16.0 Å². The smallest absolute Gasteiger partial charge is 0.417 e. The topological polar surface area (TPSA) is 59.2 Å². The molecule has 1 aromatic carbocycles. The Bertz CT molecular complexity index is 1200. The van der Waals surface area contributed by atoms with Crippen LogP contribution in [0.3, 0.4) is 0 Å². The second-order valence-corrected chi connectivity index (χ2v) is 8.77. The fraction of sp³-hybridized carbons (Fsp3) is 0.348. The lowest BCUT2D eigenvalue weighted by molar-refractivity contribution is -0.137. The molecule has 0 spiro atoms. The molecule has 33 heavy (non-hydrogen) atoms. The van der Waals surface area contributed by atoms with Crippen molar-refractivity contribution in [2.45, 2.75) is 43.9 Å². The Hall–Kier alpha value is -2.94. The maximum atomic E-state index is 14.6. The predicted molar refractivity (Wildman–Crippen MR) is 111 cm³/mol. The molecule has 0 aliphatic carbocycles. The minimum absolute atomic E-state index is 0.00631. The van der Waals surface area contributed by atoms with Gasteiger partial charge in [-0.2, -0.15) is 13.2 Å². The van der Waals surface area contributed by atoms with Crippen LogP contribution in [0.4, 0.5) is 17.6 Å². The third kappa shape index (κ3) is 3.88. The first kappa shape index (κ1) is 21.9. The van der Waals surface area contributed by atoms with Crippen LogP contribution in [0.5, 0.6) is 0 Å². The lowest BCUT2D eigenvalue weighted by atomic mass is 9.86. The number of nitrogens with zero attached hydrogens (tertiary/aromatic N) is 3. The average Bonchev–Trinajstić information content (AvgIpc) is 3.50. The number of alkyl halides is 3. The van der Waals surface area contributed by atoms with Gasteiger partial charge in [-0.05, 0) is 49.8 Å². The monoisotopic (exact) mass is 479 g/mol. The number of carbonyl (C=O) groups excluding carboxylic acids is 1. The number of carbonyl (C=O) groups is 1. The largest absolute Gasteiger partial charge is 0.444 e. The van der Waals surface area contributed by atoms with Crippen molar-refractivity contribution >= 4 is 17.5 Å². The second-order valence-electron chi connectivity index (χ2n) is 8.36. The molecule has 172 valence electrons. The Morgan fingerprint density at radius 2 is 2.06 bits per heavy atom. The summed E-state index contributed by atoms with van der Waals surface area (Å²) in [6.07, 6.45) is 1.56. The molecule has 4 heterocycles. The summed E-state index contributed by atoms with van der Waals surface area (Å²) >= 11 is 6.10. The zero-order valence-electron chi connectivity index (χ0n) is 17.1. The third-order valence-corrected chi connectivity index (χ3v) is 6.82. The van der Waals surface area contributed by atoms with E-state index in [-0.39, 0.29) is 45.9 Å². The van der Waals surface area contributed by atoms with E-state index in [2.05, 4.69) is 9.97 Å². The summed E-state index contributed by atoms with van der Waals surface area (Å²) in [5.41, 5.74) is -0.337. The van der Waals surface area contributed by atoms with E-state index < -0.39 is 17.6 Å². The van der Waals surface area contributed by atoms with E-state index in [1.165, 1.54) is 24.6 Å². The summed E-state index contributed by atoms with van der Waals surface area (Å²) < 4.78 is 58.6. The number of oxazole rings is 1. The van der Waals surface area contributed by atoms with Crippen molar-refractivity contribution in [1.82, 2.24) is 14.9 Å². The van der Waals surface area contributed by atoms with Crippen molar-refractivity contribution in [2.75, 3.05) is 0 Å². The summed E-state index contributed by atoms with van der Waals surface area (Å²) in [6.45, 7) is 0. The summed E-state index contributed by atoms with van der Waals surface area (Å²) in [5, 5.41) is -0.0400. The van der Waals surface area contributed by atoms with Gasteiger partial charge < -0.3 is 9.32 Å². The fourth-order valence-corrected chi connectivity index (χ4v) is 5.32. The Kier molecular flexibility index (Phi) is 5.39. The van der Waals surface area contributed by atoms with E-state index >= 15 is 0 Å². The van der Waals surface area contributed by atoms with Gasteiger partial charge in [0.15, 0.2) is 0 Å². The van der Waals surface area contributed by atoms with E-state index in [9.17, 15) is 22.4 Å². The molecule has 1 amide bonds. The van der Waals surface area contributed by atoms with Gasteiger partial charge in [0.2, 0.25) is 5.89 Å². The molecular formula is C23H18ClF4N3O2. The fourth-order valence-electron chi connectivity index (χ4n) is 5.07. The van der Waals surface area contributed by atoms with Crippen LogP contribution in [0.1, 0.15) is 40.9 Å². The molecular weight excluding hydrogens is 462 g/mol. The van der Waals surface area contributed by atoms with Gasteiger partial charge in [-0.1, -0.05) is 17.7 Å². The molecule has 2 aliphatic heterocycles.